The largest absolute Gasteiger partial charge is 0.495 e. The molecule has 3 rings (SSSR count). The minimum absolute atomic E-state index is 0.0139. The van der Waals surface area contributed by atoms with Crippen molar-refractivity contribution in [1.29, 1.82) is 0 Å². The van der Waals surface area contributed by atoms with Gasteiger partial charge in [-0.05, 0) is 57.5 Å². The molecular weight excluding hydrogens is 533 g/mol. The van der Waals surface area contributed by atoms with Crippen molar-refractivity contribution in [3.05, 3.63) is 89.7 Å². The van der Waals surface area contributed by atoms with E-state index in [0.717, 1.165) is 9.87 Å². The molecule has 0 aliphatic carbocycles. The Kier molecular flexibility index (Phi) is 10.3. The van der Waals surface area contributed by atoms with Gasteiger partial charge in [-0.15, -0.1) is 0 Å². The van der Waals surface area contributed by atoms with E-state index in [1.807, 2.05) is 20.8 Å². The number of para-hydroxylation sites is 2. The molecule has 0 aliphatic heterocycles. The number of carbonyl (C=O) groups excluding carboxylic acids is 2. The van der Waals surface area contributed by atoms with Crippen molar-refractivity contribution in [2.75, 3.05) is 18.0 Å². The zero-order chi connectivity index (χ0) is 29.4. The molecule has 3 aromatic rings. The van der Waals surface area contributed by atoms with Crippen LogP contribution in [0.25, 0.3) is 0 Å². The molecule has 214 valence electrons. The van der Waals surface area contributed by atoms with E-state index in [1.165, 1.54) is 48.4 Å². The highest BCUT2D eigenvalue weighted by Gasteiger charge is 2.34. The molecular formula is C30H36FN3O5S. The van der Waals surface area contributed by atoms with E-state index < -0.39 is 40.2 Å². The smallest absolute Gasteiger partial charge is 0.264 e. The van der Waals surface area contributed by atoms with Crippen LogP contribution in [-0.4, -0.2) is 50.9 Å². The molecule has 0 heterocycles. The lowest BCUT2D eigenvalue weighted by Gasteiger charge is -2.32. The molecule has 0 radical (unpaired) electrons. The first-order chi connectivity index (χ1) is 19.0. The van der Waals surface area contributed by atoms with Crippen molar-refractivity contribution in [2.45, 2.75) is 57.6 Å². The highest BCUT2D eigenvalue weighted by Crippen LogP contribution is 2.32. The minimum atomic E-state index is -4.25. The number of halogens is 1. The van der Waals surface area contributed by atoms with Gasteiger partial charge < -0.3 is 15.0 Å². The number of aryl methyl sites for hydroxylation is 1. The maximum absolute atomic E-state index is 14.7. The molecule has 0 spiro atoms. The van der Waals surface area contributed by atoms with Gasteiger partial charge in [0.1, 0.15) is 24.2 Å². The third-order valence-corrected chi connectivity index (χ3v) is 8.48. The lowest BCUT2D eigenvalue weighted by Crippen LogP contribution is -2.52. The third kappa shape index (κ3) is 7.18. The van der Waals surface area contributed by atoms with Crippen molar-refractivity contribution >= 4 is 27.5 Å². The molecule has 0 saturated carbocycles. The van der Waals surface area contributed by atoms with Crippen LogP contribution in [0.3, 0.4) is 0 Å². The van der Waals surface area contributed by atoms with E-state index in [9.17, 15) is 22.4 Å². The topological polar surface area (TPSA) is 96.0 Å². The fourth-order valence-corrected chi connectivity index (χ4v) is 5.47. The van der Waals surface area contributed by atoms with Crippen LogP contribution in [0.15, 0.2) is 77.7 Å². The van der Waals surface area contributed by atoms with E-state index in [0.29, 0.717) is 6.42 Å². The van der Waals surface area contributed by atoms with Crippen LogP contribution in [0.5, 0.6) is 5.75 Å². The van der Waals surface area contributed by atoms with E-state index in [4.69, 9.17) is 4.74 Å². The summed E-state index contributed by atoms with van der Waals surface area (Å²) >= 11 is 0. The van der Waals surface area contributed by atoms with Gasteiger partial charge in [0.2, 0.25) is 11.8 Å². The fourth-order valence-electron chi connectivity index (χ4n) is 4.04. The first-order valence-electron chi connectivity index (χ1n) is 13.0. The summed E-state index contributed by atoms with van der Waals surface area (Å²) in [6, 6.07) is 17.5. The maximum Gasteiger partial charge on any atom is 0.264 e. The van der Waals surface area contributed by atoms with Gasteiger partial charge >= 0.3 is 0 Å². The number of rotatable bonds is 12. The second kappa shape index (κ2) is 13.4. The van der Waals surface area contributed by atoms with Crippen molar-refractivity contribution < 1.29 is 27.1 Å². The highest BCUT2D eigenvalue weighted by atomic mass is 32.2. The van der Waals surface area contributed by atoms with Crippen LogP contribution in [0, 0.1) is 12.7 Å². The average molecular weight is 570 g/mol. The van der Waals surface area contributed by atoms with Crippen molar-refractivity contribution in [1.82, 2.24) is 10.2 Å². The third-order valence-electron chi connectivity index (χ3n) is 6.71. The number of hydrogen-bond acceptors (Lipinski definition) is 5. The normalized spacial score (nSPS) is 12.8. The molecule has 2 amide bonds. The first-order valence-corrected chi connectivity index (χ1v) is 14.5. The van der Waals surface area contributed by atoms with Gasteiger partial charge in [-0.2, -0.15) is 0 Å². The number of amides is 2. The molecule has 1 N–H and O–H groups in total. The van der Waals surface area contributed by atoms with Crippen LogP contribution >= 0.6 is 0 Å². The Balaban J connectivity index is 2.07. The summed E-state index contributed by atoms with van der Waals surface area (Å²) in [5, 5.41) is 2.85. The van der Waals surface area contributed by atoms with Crippen molar-refractivity contribution in [3.63, 3.8) is 0 Å². The Morgan fingerprint density at radius 3 is 2.23 bits per heavy atom. The second-order valence-corrected chi connectivity index (χ2v) is 11.5. The molecule has 0 unspecified atom stereocenters. The number of hydrogen-bond donors (Lipinski definition) is 1. The SMILES string of the molecule is CC[C@H](C)NC(=O)[C@H](C)N(Cc1ccccc1F)C(=O)CN(c1ccccc1OC)S(=O)(=O)c1ccc(C)cc1. The van der Waals surface area contributed by atoms with Gasteiger partial charge in [0, 0.05) is 18.2 Å². The summed E-state index contributed by atoms with van der Waals surface area (Å²) in [6.45, 7) is 6.25. The number of carbonyl (C=O) groups is 2. The molecule has 0 fully saturated rings. The van der Waals surface area contributed by atoms with Gasteiger partial charge in [0.15, 0.2) is 0 Å². The summed E-state index contributed by atoms with van der Waals surface area (Å²) in [4.78, 5) is 28.2. The minimum Gasteiger partial charge on any atom is -0.495 e. The van der Waals surface area contributed by atoms with Gasteiger partial charge in [-0.1, -0.05) is 55.0 Å². The molecule has 0 saturated heterocycles. The first kappa shape index (κ1) is 30.6. The molecule has 10 heteroatoms. The molecule has 2 atom stereocenters. The molecule has 0 bridgehead atoms. The van der Waals surface area contributed by atoms with Crippen LogP contribution < -0.4 is 14.4 Å². The number of sulfonamides is 1. The van der Waals surface area contributed by atoms with Crippen LogP contribution in [-0.2, 0) is 26.2 Å². The van der Waals surface area contributed by atoms with Crippen LogP contribution in [0.4, 0.5) is 10.1 Å². The van der Waals surface area contributed by atoms with Gasteiger partial charge in [-0.3, -0.25) is 13.9 Å². The zero-order valence-corrected chi connectivity index (χ0v) is 24.2. The number of nitrogens with one attached hydrogen (secondary N) is 1. The number of methoxy groups -OCH3 is 1. The quantitative estimate of drug-likeness (QED) is 0.342. The van der Waals surface area contributed by atoms with E-state index in [-0.39, 0.29) is 34.5 Å². The molecule has 8 nitrogen and oxygen atoms in total. The van der Waals surface area contributed by atoms with Crippen molar-refractivity contribution in [3.8, 4) is 5.75 Å². The lowest BCUT2D eigenvalue weighted by molar-refractivity contribution is -0.139. The predicted octanol–water partition coefficient (Wildman–Crippen LogP) is 4.67. The predicted molar refractivity (Wildman–Crippen MR) is 153 cm³/mol. The molecule has 3 aromatic carbocycles. The maximum atomic E-state index is 14.7. The van der Waals surface area contributed by atoms with Crippen LogP contribution in [0.2, 0.25) is 0 Å². The fraction of sp³-hybridized carbons (Fsp3) is 0.333. The molecule has 0 aliphatic rings. The Morgan fingerprint density at radius 1 is 0.975 bits per heavy atom. The Hall–Kier alpha value is -3.92. The van der Waals surface area contributed by atoms with Crippen LogP contribution in [0.1, 0.15) is 38.3 Å². The Morgan fingerprint density at radius 2 is 1.60 bits per heavy atom. The summed E-state index contributed by atoms with van der Waals surface area (Å²) in [6.07, 6.45) is 0.677. The number of ether oxygens (including phenoxy) is 1. The molecule has 40 heavy (non-hydrogen) atoms. The Labute approximate surface area is 235 Å². The molecule has 0 aromatic heterocycles. The monoisotopic (exact) mass is 569 g/mol. The summed E-state index contributed by atoms with van der Waals surface area (Å²) in [7, 11) is -2.84. The van der Waals surface area contributed by atoms with Gasteiger partial charge in [0.25, 0.3) is 10.0 Å². The zero-order valence-electron chi connectivity index (χ0n) is 23.4. The summed E-state index contributed by atoms with van der Waals surface area (Å²) in [5.74, 6) is -1.40. The van der Waals surface area contributed by atoms with Crippen molar-refractivity contribution in [2.24, 2.45) is 0 Å². The summed E-state index contributed by atoms with van der Waals surface area (Å²) in [5.41, 5.74) is 1.22. The van der Waals surface area contributed by atoms with Gasteiger partial charge in [-0.25, -0.2) is 12.8 Å². The second-order valence-electron chi connectivity index (χ2n) is 9.60. The average Bonchev–Trinajstić information content (AvgIpc) is 2.95. The van der Waals surface area contributed by atoms with E-state index >= 15 is 0 Å². The summed E-state index contributed by atoms with van der Waals surface area (Å²) < 4.78 is 48.9. The number of benzene rings is 3. The number of nitrogens with zero attached hydrogens (tertiary/aromatic N) is 2. The lowest BCUT2D eigenvalue weighted by atomic mass is 10.1. The highest BCUT2D eigenvalue weighted by molar-refractivity contribution is 7.92. The number of anilines is 1. The Bertz CT molecular complexity index is 1430. The van der Waals surface area contributed by atoms with Gasteiger partial charge in [0.05, 0.1) is 17.7 Å². The standard InChI is InChI=1S/C30H36FN3O5S/c1-6-22(3)32-30(36)23(4)33(19-24-11-7-8-12-26(24)31)29(35)20-34(27-13-9-10-14-28(27)39-5)40(37,38)25-17-15-21(2)16-18-25/h7-18,22-23H,6,19-20H2,1-5H3,(H,32,36)/t22-,23-/m0/s1. The van der Waals surface area contributed by atoms with E-state index in [2.05, 4.69) is 5.32 Å². The van der Waals surface area contributed by atoms with E-state index in [1.54, 1.807) is 43.3 Å².